The van der Waals surface area contributed by atoms with Gasteiger partial charge in [-0.1, -0.05) is 13.0 Å². The minimum atomic E-state index is -0.827. The summed E-state index contributed by atoms with van der Waals surface area (Å²) in [4.78, 5) is 0. The topological polar surface area (TPSA) is 86.7 Å². The van der Waals surface area contributed by atoms with E-state index >= 15 is 0 Å². The molecule has 0 spiro atoms. The zero-order valence-electron chi connectivity index (χ0n) is 11.0. The number of nitrogens with two attached hydrogens (primary N) is 1. The Hall–Kier alpha value is -1.76. The minimum absolute atomic E-state index is 0.539. The van der Waals surface area contributed by atoms with Gasteiger partial charge < -0.3 is 5.73 Å². The second-order valence-corrected chi connectivity index (χ2v) is 6.10. The van der Waals surface area contributed by atoms with Crippen LogP contribution in [0.5, 0.6) is 0 Å². The highest BCUT2D eigenvalue weighted by atomic mass is 32.2. The van der Waals surface area contributed by atoms with Gasteiger partial charge in [-0.25, -0.2) is 4.68 Å². The highest BCUT2D eigenvalue weighted by Crippen LogP contribution is 2.22. The van der Waals surface area contributed by atoms with Gasteiger partial charge in [0.25, 0.3) is 0 Å². The first-order chi connectivity index (χ1) is 9.11. The number of aromatic nitrogens is 4. The maximum Gasteiger partial charge on any atom is 0.182 e. The lowest BCUT2D eigenvalue weighted by atomic mass is 10.1. The van der Waals surface area contributed by atoms with Crippen molar-refractivity contribution in [3.05, 3.63) is 23.8 Å². The molecule has 19 heavy (non-hydrogen) atoms. The van der Waals surface area contributed by atoms with Crippen LogP contribution in [-0.4, -0.2) is 35.9 Å². The van der Waals surface area contributed by atoms with Crippen molar-refractivity contribution in [2.24, 2.45) is 0 Å². The van der Waals surface area contributed by atoms with E-state index in [1.165, 1.54) is 0 Å². The fraction of sp³-hybridized carbons (Fsp3) is 0.417. The lowest BCUT2D eigenvalue weighted by Crippen LogP contribution is -2.11. The van der Waals surface area contributed by atoms with Crippen LogP contribution in [-0.2, 0) is 17.3 Å². The summed E-state index contributed by atoms with van der Waals surface area (Å²) < 4.78 is 13.2. The Kier molecular flexibility index (Phi) is 4.26. The standard InChI is InChI=1S/C12H17N5OS/c1-3-19(18)7-6-17-12(14-15-16-17)11-8-10(13)5-4-9(11)2/h4-5,8H,3,6-7,13H2,1-2H3. The van der Waals surface area contributed by atoms with E-state index in [4.69, 9.17) is 5.73 Å². The number of nitrogen functional groups attached to an aromatic ring is 1. The third-order valence-electron chi connectivity index (χ3n) is 2.89. The molecule has 2 N–H and O–H groups in total. The maximum atomic E-state index is 11.5. The van der Waals surface area contributed by atoms with Gasteiger partial charge in [-0.15, -0.1) is 5.10 Å². The Morgan fingerprint density at radius 3 is 2.95 bits per heavy atom. The van der Waals surface area contributed by atoms with Crippen molar-refractivity contribution >= 4 is 16.5 Å². The van der Waals surface area contributed by atoms with Crippen LogP contribution >= 0.6 is 0 Å². The zero-order valence-corrected chi connectivity index (χ0v) is 11.9. The van der Waals surface area contributed by atoms with Crippen molar-refractivity contribution < 1.29 is 4.21 Å². The molecule has 0 aliphatic rings. The number of aryl methyl sites for hydroxylation is 2. The molecule has 0 aliphatic carbocycles. The molecular formula is C12H17N5OS. The van der Waals surface area contributed by atoms with E-state index in [0.29, 0.717) is 29.6 Å². The molecule has 1 unspecified atom stereocenters. The summed E-state index contributed by atoms with van der Waals surface area (Å²) in [5.41, 5.74) is 8.44. The molecule has 0 bridgehead atoms. The van der Waals surface area contributed by atoms with Crippen molar-refractivity contribution in [2.75, 3.05) is 17.2 Å². The molecule has 7 heteroatoms. The summed E-state index contributed by atoms with van der Waals surface area (Å²) in [6.07, 6.45) is 0. The molecule has 6 nitrogen and oxygen atoms in total. The molecule has 0 aliphatic heterocycles. The van der Waals surface area contributed by atoms with Gasteiger partial charge in [0.1, 0.15) is 0 Å². The van der Waals surface area contributed by atoms with Crippen LogP contribution in [0.25, 0.3) is 11.4 Å². The monoisotopic (exact) mass is 279 g/mol. The van der Waals surface area contributed by atoms with Gasteiger partial charge in [-0.05, 0) is 35.0 Å². The molecule has 2 rings (SSSR count). The molecule has 1 aromatic heterocycles. The van der Waals surface area contributed by atoms with Crippen LogP contribution in [0, 0.1) is 6.92 Å². The van der Waals surface area contributed by atoms with Crippen molar-refractivity contribution in [1.29, 1.82) is 0 Å². The molecule has 0 radical (unpaired) electrons. The molecule has 0 amide bonds. The van der Waals surface area contributed by atoms with Gasteiger partial charge in [-0.3, -0.25) is 4.21 Å². The lowest BCUT2D eigenvalue weighted by molar-refractivity contribution is 0.624. The van der Waals surface area contributed by atoms with Gasteiger partial charge in [0.05, 0.1) is 6.54 Å². The van der Waals surface area contributed by atoms with E-state index in [9.17, 15) is 4.21 Å². The molecule has 102 valence electrons. The largest absolute Gasteiger partial charge is 0.399 e. The van der Waals surface area contributed by atoms with Gasteiger partial charge >= 0.3 is 0 Å². The molecule has 0 saturated carbocycles. The summed E-state index contributed by atoms with van der Waals surface area (Å²) >= 11 is 0. The van der Waals surface area contributed by atoms with Crippen LogP contribution in [0.2, 0.25) is 0 Å². The number of benzene rings is 1. The first-order valence-corrected chi connectivity index (χ1v) is 7.58. The van der Waals surface area contributed by atoms with Crippen molar-refractivity contribution in [1.82, 2.24) is 20.2 Å². The highest BCUT2D eigenvalue weighted by Gasteiger charge is 2.12. The van der Waals surface area contributed by atoms with Crippen molar-refractivity contribution in [2.45, 2.75) is 20.4 Å². The first-order valence-electron chi connectivity index (χ1n) is 6.09. The zero-order chi connectivity index (χ0) is 13.8. The number of hydrogen-bond donors (Lipinski definition) is 1. The third kappa shape index (κ3) is 3.17. The van der Waals surface area contributed by atoms with E-state index in [1.54, 1.807) is 4.68 Å². The van der Waals surface area contributed by atoms with E-state index < -0.39 is 10.8 Å². The number of anilines is 1. The number of tetrazole rings is 1. The molecule has 0 saturated heterocycles. The smallest absolute Gasteiger partial charge is 0.182 e. The average Bonchev–Trinajstić information content (AvgIpc) is 2.87. The first kappa shape index (κ1) is 13.7. The van der Waals surface area contributed by atoms with Gasteiger partial charge in [0, 0.05) is 33.6 Å². The normalized spacial score (nSPS) is 12.5. The Labute approximate surface area is 114 Å². The van der Waals surface area contributed by atoms with Gasteiger partial charge in [0.2, 0.25) is 0 Å². The minimum Gasteiger partial charge on any atom is -0.399 e. The SMILES string of the molecule is CCS(=O)CCn1nnnc1-c1cc(N)ccc1C. The van der Waals surface area contributed by atoms with Gasteiger partial charge in [-0.2, -0.15) is 0 Å². The summed E-state index contributed by atoms with van der Waals surface area (Å²) in [6, 6.07) is 5.64. The maximum absolute atomic E-state index is 11.5. The van der Waals surface area contributed by atoms with E-state index in [1.807, 2.05) is 32.0 Å². The lowest BCUT2D eigenvalue weighted by Gasteiger charge is -2.07. The van der Waals surface area contributed by atoms with Crippen LogP contribution < -0.4 is 5.73 Å². The Morgan fingerprint density at radius 2 is 2.21 bits per heavy atom. The summed E-state index contributed by atoms with van der Waals surface area (Å²) in [5.74, 6) is 1.86. The van der Waals surface area contributed by atoms with Gasteiger partial charge in [0.15, 0.2) is 5.82 Å². The predicted molar refractivity (Wildman–Crippen MR) is 76.0 cm³/mol. The molecule has 2 aromatic rings. The molecule has 1 aromatic carbocycles. The van der Waals surface area contributed by atoms with Crippen molar-refractivity contribution in [3.8, 4) is 11.4 Å². The van der Waals surface area contributed by atoms with E-state index in [-0.39, 0.29) is 0 Å². The Morgan fingerprint density at radius 1 is 1.42 bits per heavy atom. The molecule has 1 heterocycles. The Balaban J connectivity index is 2.28. The second-order valence-electron chi connectivity index (χ2n) is 4.23. The quantitative estimate of drug-likeness (QED) is 0.825. The number of hydrogen-bond acceptors (Lipinski definition) is 5. The third-order valence-corrected chi connectivity index (χ3v) is 4.17. The van der Waals surface area contributed by atoms with Crippen LogP contribution in [0.15, 0.2) is 18.2 Å². The van der Waals surface area contributed by atoms with E-state index in [2.05, 4.69) is 15.5 Å². The molecule has 1 atom stereocenters. The van der Waals surface area contributed by atoms with Crippen molar-refractivity contribution in [3.63, 3.8) is 0 Å². The molecule has 0 fully saturated rings. The van der Waals surface area contributed by atoms with Crippen LogP contribution in [0.3, 0.4) is 0 Å². The number of rotatable bonds is 5. The average molecular weight is 279 g/mol. The van der Waals surface area contributed by atoms with E-state index in [0.717, 1.165) is 11.1 Å². The Bertz CT molecular complexity index is 596. The van der Waals surface area contributed by atoms with Crippen LogP contribution in [0.1, 0.15) is 12.5 Å². The summed E-state index contributed by atoms with van der Waals surface area (Å²) in [6.45, 7) is 4.42. The fourth-order valence-electron chi connectivity index (χ4n) is 1.76. The fourth-order valence-corrected chi connectivity index (χ4v) is 2.43. The summed E-state index contributed by atoms with van der Waals surface area (Å²) in [5, 5.41) is 11.7. The summed E-state index contributed by atoms with van der Waals surface area (Å²) in [7, 11) is -0.827. The second kappa shape index (κ2) is 5.92. The molecular weight excluding hydrogens is 262 g/mol. The predicted octanol–water partition coefficient (Wildman–Crippen LogP) is 0.999. The van der Waals surface area contributed by atoms with Crippen LogP contribution in [0.4, 0.5) is 5.69 Å². The highest BCUT2D eigenvalue weighted by molar-refractivity contribution is 7.84. The number of nitrogens with zero attached hydrogens (tertiary/aromatic N) is 4.